The normalized spacial score (nSPS) is 13.9. The Hall–Kier alpha value is -0.850. The molecule has 1 rings (SSSR count). The molecule has 0 saturated heterocycles. The minimum Gasteiger partial charge on any atom is -0.390 e. The van der Waals surface area contributed by atoms with Crippen molar-refractivity contribution in [3.05, 3.63) is 18.0 Å². The van der Waals surface area contributed by atoms with Gasteiger partial charge in [0, 0.05) is 24.5 Å². The first-order chi connectivity index (χ1) is 9.35. The molecule has 0 radical (unpaired) electrons. The topological polar surface area (TPSA) is 71.3 Å². The molecule has 0 amide bonds. The zero-order chi connectivity index (χ0) is 15.3. The van der Waals surface area contributed by atoms with Crippen molar-refractivity contribution in [1.29, 1.82) is 0 Å². The SMILES string of the molecule is CCCn1cc(S(=O)(=O)NC(CC)C(C)C)cc1CO. The van der Waals surface area contributed by atoms with Gasteiger partial charge < -0.3 is 9.67 Å². The second kappa shape index (κ2) is 7.24. The molecule has 1 aromatic rings. The van der Waals surface area contributed by atoms with Crippen LogP contribution in [-0.4, -0.2) is 24.1 Å². The Morgan fingerprint density at radius 3 is 2.45 bits per heavy atom. The molecule has 20 heavy (non-hydrogen) atoms. The molecule has 0 saturated carbocycles. The van der Waals surface area contributed by atoms with E-state index in [9.17, 15) is 13.5 Å². The lowest BCUT2D eigenvalue weighted by molar-refractivity contribution is 0.270. The number of aliphatic hydroxyl groups excluding tert-OH is 1. The zero-order valence-electron chi connectivity index (χ0n) is 12.8. The Balaban J connectivity index is 3.03. The minimum atomic E-state index is -3.53. The highest BCUT2D eigenvalue weighted by Gasteiger charge is 2.23. The Morgan fingerprint density at radius 1 is 1.35 bits per heavy atom. The van der Waals surface area contributed by atoms with Crippen LogP contribution in [0.15, 0.2) is 17.2 Å². The van der Waals surface area contributed by atoms with E-state index in [1.807, 2.05) is 27.7 Å². The molecule has 1 atom stereocenters. The summed E-state index contributed by atoms with van der Waals surface area (Å²) in [6, 6.07) is 1.47. The molecule has 6 heteroatoms. The van der Waals surface area contributed by atoms with Crippen molar-refractivity contribution in [3.63, 3.8) is 0 Å². The van der Waals surface area contributed by atoms with Crippen molar-refractivity contribution in [2.24, 2.45) is 5.92 Å². The average Bonchev–Trinajstić information content (AvgIpc) is 2.80. The van der Waals surface area contributed by atoms with Gasteiger partial charge in [-0.3, -0.25) is 0 Å². The van der Waals surface area contributed by atoms with E-state index in [0.717, 1.165) is 12.8 Å². The van der Waals surface area contributed by atoms with Gasteiger partial charge in [-0.15, -0.1) is 0 Å². The number of aliphatic hydroxyl groups is 1. The predicted molar refractivity (Wildman–Crippen MR) is 79.9 cm³/mol. The second-order valence-corrected chi connectivity index (χ2v) is 7.11. The van der Waals surface area contributed by atoms with Gasteiger partial charge in [0.15, 0.2) is 0 Å². The highest BCUT2D eigenvalue weighted by molar-refractivity contribution is 7.89. The number of hydrogen-bond donors (Lipinski definition) is 2. The molecule has 0 bridgehead atoms. The molecule has 116 valence electrons. The monoisotopic (exact) mass is 302 g/mol. The van der Waals surface area contributed by atoms with Gasteiger partial charge in [0.05, 0.1) is 11.5 Å². The van der Waals surface area contributed by atoms with Crippen LogP contribution in [0, 0.1) is 5.92 Å². The first-order valence-electron chi connectivity index (χ1n) is 7.17. The third-order valence-corrected chi connectivity index (χ3v) is 4.91. The van der Waals surface area contributed by atoms with Crippen LogP contribution >= 0.6 is 0 Å². The fraction of sp³-hybridized carbons (Fsp3) is 0.714. The van der Waals surface area contributed by atoms with E-state index in [0.29, 0.717) is 12.2 Å². The number of aromatic nitrogens is 1. The van der Waals surface area contributed by atoms with Crippen molar-refractivity contribution >= 4 is 10.0 Å². The highest BCUT2D eigenvalue weighted by atomic mass is 32.2. The summed E-state index contributed by atoms with van der Waals surface area (Å²) >= 11 is 0. The minimum absolute atomic E-state index is 0.0768. The quantitative estimate of drug-likeness (QED) is 0.772. The molecule has 1 unspecified atom stereocenters. The maximum absolute atomic E-state index is 12.4. The highest BCUT2D eigenvalue weighted by Crippen LogP contribution is 2.17. The van der Waals surface area contributed by atoms with E-state index in [-0.39, 0.29) is 23.5 Å². The molecule has 1 heterocycles. The summed E-state index contributed by atoms with van der Waals surface area (Å²) in [5.41, 5.74) is 0.629. The van der Waals surface area contributed by atoms with Crippen LogP contribution in [0.1, 0.15) is 46.2 Å². The fourth-order valence-electron chi connectivity index (χ4n) is 2.21. The molecule has 2 N–H and O–H groups in total. The first-order valence-corrected chi connectivity index (χ1v) is 8.66. The summed E-state index contributed by atoms with van der Waals surface area (Å²) < 4.78 is 29.3. The number of rotatable bonds is 8. The molecule has 0 aliphatic heterocycles. The van der Waals surface area contributed by atoms with E-state index >= 15 is 0 Å². The largest absolute Gasteiger partial charge is 0.390 e. The van der Waals surface area contributed by atoms with E-state index in [1.54, 1.807) is 16.8 Å². The Morgan fingerprint density at radius 2 is 2.00 bits per heavy atom. The summed E-state index contributed by atoms with van der Waals surface area (Å²) in [6.07, 6.45) is 3.24. The van der Waals surface area contributed by atoms with Crippen LogP contribution in [0.25, 0.3) is 0 Å². The maximum atomic E-state index is 12.4. The number of nitrogens with one attached hydrogen (secondary N) is 1. The number of hydrogen-bond acceptors (Lipinski definition) is 3. The predicted octanol–water partition coefficient (Wildman–Crippen LogP) is 2.10. The average molecular weight is 302 g/mol. The molecular formula is C14H26N2O3S. The van der Waals surface area contributed by atoms with Gasteiger partial charge in [0.2, 0.25) is 10.0 Å². The molecule has 0 fully saturated rings. The van der Waals surface area contributed by atoms with E-state index < -0.39 is 10.0 Å². The summed E-state index contributed by atoms with van der Waals surface area (Å²) in [7, 11) is -3.53. The number of sulfonamides is 1. The van der Waals surface area contributed by atoms with E-state index in [1.165, 1.54) is 0 Å². The Kier molecular flexibility index (Phi) is 6.23. The first kappa shape index (κ1) is 17.2. The van der Waals surface area contributed by atoms with Gasteiger partial charge in [0.25, 0.3) is 0 Å². The number of aryl methyl sites for hydroxylation is 1. The standard InChI is InChI=1S/C14H26N2O3S/c1-5-7-16-9-13(8-12(16)10-17)20(18,19)15-14(6-2)11(3)4/h8-9,11,14-15,17H,5-7,10H2,1-4H3. The maximum Gasteiger partial charge on any atom is 0.242 e. The lowest BCUT2D eigenvalue weighted by Gasteiger charge is -2.20. The van der Waals surface area contributed by atoms with Crippen LogP contribution in [0.4, 0.5) is 0 Å². The van der Waals surface area contributed by atoms with E-state index in [2.05, 4.69) is 4.72 Å². The van der Waals surface area contributed by atoms with Crippen LogP contribution in [0.3, 0.4) is 0 Å². The summed E-state index contributed by atoms with van der Waals surface area (Å²) in [5, 5.41) is 9.30. The third kappa shape index (κ3) is 4.07. The van der Waals surface area contributed by atoms with Crippen molar-refractivity contribution in [1.82, 2.24) is 9.29 Å². The van der Waals surface area contributed by atoms with Crippen molar-refractivity contribution in [2.75, 3.05) is 0 Å². The van der Waals surface area contributed by atoms with Crippen LogP contribution in [0.2, 0.25) is 0 Å². The van der Waals surface area contributed by atoms with Gasteiger partial charge in [-0.25, -0.2) is 13.1 Å². The van der Waals surface area contributed by atoms with Crippen LogP contribution in [-0.2, 0) is 23.2 Å². The van der Waals surface area contributed by atoms with Crippen molar-refractivity contribution in [2.45, 2.75) is 64.6 Å². The van der Waals surface area contributed by atoms with E-state index in [4.69, 9.17) is 0 Å². The molecule has 5 nitrogen and oxygen atoms in total. The Bertz CT molecular complexity index is 521. The summed E-state index contributed by atoms with van der Waals surface area (Å²) in [4.78, 5) is 0.231. The lowest BCUT2D eigenvalue weighted by atomic mass is 10.0. The molecule has 0 spiro atoms. The van der Waals surface area contributed by atoms with Gasteiger partial charge in [-0.05, 0) is 24.8 Å². The van der Waals surface area contributed by atoms with Gasteiger partial charge in [-0.1, -0.05) is 27.7 Å². The lowest BCUT2D eigenvalue weighted by Crippen LogP contribution is -2.37. The van der Waals surface area contributed by atoms with Crippen LogP contribution in [0.5, 0.6) is 0 Å². The summed E-state index contributed by atoms with van der Waals surface area (Å²) in [6.45, 7) is 8.52. The Labute approximate surface area is 122 Å². The smallest absolute Gasteiger partial charge is 0.242 e. The zero-order valence-corrected chi connectivity index (χ0v) is 13.6. The molecule has 0 aromatic carbocycles. The van der Waals surface area contributed by atoms with Crippen molar-refractivity contribution < 1.29 is 13.5 Å². The number of nitrogens with zero attached hydrogens (tertiary/aromatic N) is 1. The molecule has 1 aromatic heterocycles. The molecular weight excluding hydrogens is 276 g/mol. The van der Waals surface area contributed by atoms with Crippen molar-refractivity contribution in [3.8, 4) is 0 Å². The van der Waals surface area contributed by atoms with Gasteiger partial charge >= 0.3 is 0 Å². The van der Waals surface area contributed by atoms with Gasteiger partial charge in [-0.2, -0.15) is 0 Å². The molecule has 0 aliphatic carbocycles. The third-order valence-electron chi connectivity index (χ3n) is 3.45. The van der Waals surface area contributed by atoms with Crippen LogP contribution < -0.4 is 4.72 Å². The second-order valence-electron chi connectivity index (χ2n) is 5.40. The van der Waals surface area contributed by atoms with Gasteiger partial charge in [0.1, 0.15) is 0 Å². The molecule has 0 aliphatic rings. The fourth-order valence-corrected chi connectivity index (χ4v) is 3.74. The summed E-state index contributed by atoms with van der Waals surface area (Å²) in [5.74, 6) is 0.241.